The molecule has 2 aliphatic rings. The Hall–Kier alpha value is -3.68. The van der Waals surface area contributed by atoms with Crippen molar-refractivity contribution in [2.45, 2.75) is 76.6 Å². The van der Waals surface area contributed by atoms with Crippen molar-refractivity contribution < 1.29 is 22.4 Å². The number of aliphatic imine (C=N–C) groups is 1. The molecule has 0 radical (unpaired) electrons. The first kappa shape index (κ1) is 29.3. The third-order valence-electron chi connectivity index (χ3n) is 6.85. The van der Waals surface area contributed by atoms with E-state index in [0.29, 0.717) is 61.7 Å². The molecule has 1 aliphatic heterocycles. The average Bonchev–Trinajstić information content (AvgIpc) is 3.19. The molecule has 2 aromatic heterocycles. The zero-order chi connectivity index (χ0) is 28.9. The first-order valence-electron chi connectivity index (χ1n) is 13.2. The SMILES string of the molecule is C=Cc1c(N=C)nc(OSF)n1C1CCN(C(=O)N[C@@H]2CCC[C@H](NC(=O)OC(C)(C)C)c3nccnc32)CC1. The number of rotatable bonds is 7. The topological polar surface area (TPSA) is 136 Å². The van der Waals surface area contributed by atoms with Crippen LogP contribution in [0.25, 0.3) is 6.08 Å². The molecule has 3 heterocycles. The fourth-order valence-electron chi connectivity index (χ4n) is 5.15. The van der Waals surface area contributed by atoms with Crippen molar-refractivity contribution in [1.29, 1.82) is 0 Å². The van der Waals surface area contributed by atoms with Crippen molar-refractivity contribution in [2.75, 3.05) is 13.1 Å². The fourth-order valence-corrected chi connectivity index (χ4v) is 5.33. The Labute approximate surface area is 237 Å². The molecule has 0 spiro atoms. The van der Waals surface area contributed by atoms with Crippen LogP contribution in [-0.4, -0.2) is 62.0 Å². The molecule has 14 heteroatoms. The molecule has 2 atom stereocenters. The summed E-state index contributed by atoms with van der Waals surface area (Å²) < 4.78 is 25.1. The van der Waals surface area contributed by atoms with Crippen LogP contribution >= 0.6 is 12.4 Å². The van der Waals surface area contributed by atoms with E-state index in [4.69, 9.17) is 8.92 Å². The summed E-state index contributed by atoms with van der Waals surface area (Å²) in [5, 5.41) is 6.03. The highest BCUT2D eigenvalue weighted by molar-refractivity contribution is 7.89. The van der Waals surface area contributed by atoms with Crippen LogP contribution in [0.3, 0.4) is 0 Å². The number of imidazole rings is 1. The zero-order valence-electron chi connectivity index (χ0n) is 22.9. The summed E-state index contributed by atoms with van der Waals surface area (Å²) in [7, 11) is 0. The molecule has 2 aromatic rings. The summed E-state index contributed by atoms with van der Waals surface area (Å²) in [5.74, 6) is 0.312. The molecule has 1 aliphatic carbocycles. The molecule has 216 valence electrons. The van der Waals surface area contributed by atoms with Crippen molar-refractivity contribution in [3.63, 3.8) is 0 Å². The molecule has 12 nitrogen and oxygen atoms in total. The van der Waals surface area contributed by atoms with E-state index < -0.39 is 11.7 Å². The minimum absolute atomic E-state index is 0.0795. The van der Waals surface area contributed by atoms with E-state index in [1.54, 1.807) is 48.7 Å². The molecule has 0 aromatic carbocycles. The zero-order valence-corrected chi connectivity index (χ0v) is 23.7. The maximum absolute atomic E-state index is 13.3. The lowest BCUT2D eigenvalue weighted by Gasteiger charge is -2.34. The maximum atomic E-state index is 13.3. The van der Waals surface area contributed by atoms with E-state index >= 15 is 0 Å². The molecule has 1 fully saturated rings. The van der Waals surface area contributed by atoms with E-state index in [9.17, 15) is 13.5 Å². The van der Waals surface area contributed by atoms with Crippen molar-refractivity contribution in [1.82, 2.24) is 35.1 Å². The summed E-state index contributed by atoms with van der Waals surface area (Å²) in [5.41, 5.74) is 1.22. The van der Waals surface area contributed by atoms with Gasteiger partial charge in [-0.15, -0.1) is 3.89 Å². The summed E-state index contributed by atoms with van der Waals surface area (Å²) in [6.45, 7) is 13.7. The van der Waals surface area contributed by atoms with Gasteiger partial charge in [-0.05, 0) is 65.7 Å². The molecule has 0 saturated carbocycles. The number of hydrogen-bond acceptors (Lipinski definition) is 9. The first-order valence-corrected chi connectivity index (χ1v) is 13.8. The van der Waals surface area contributed by atoms with Gasteiger partial charge in [0, 0.05) is 31.5 Å². The van der Waals surface area contributed by atoms with Gasteiger partial charge in [-0.2, -0.15) is 4.98 Å². The number of amides is 3. The second-order valence-corrected chi connectivity index (χ2v) is 11.0. The number of piperidine rings is 1. The Bertz CT molecular complexity index is 1240. The lowest BCUT2D eigenvalue weighted by molar-refractivity contribution is 0.0499. The standard InChI is InChI=1S/C26H35FN8O4S/c1-6-19-22(28-5)33-24(39-40-27)35(19)16-10-14-34(15-11-16)23(36)31-17-8-7-9-18(21-20(17)29-12-13-30-21)32-25(37)38-26(2,3)4/h6,12-13,16-18H,1,5,7-11,14-15H2,2-4H3,(H,31,36)(H,32,37)/t17-,18+/m1/s1. The number of urea groups is 1. The van der Waals surface area contributed by atoms with Crippen LogP contribution in [0, 0.1) is 0 Å². The number of nitrogens with zero attached hydrogens (tertiary/aromatic N) is 6. The van der Waals surface area contributed by atoms with Crippen LogP contribution in [0.5, 0.6) is 6.01 Å². The lowest BCUT2D eigenvalue weighted by atomic mass is 10.0. The Morgan fingerprint density at radius 2 is 1.75 bits per heavy atom. The van der Waals surface area contributed by atoms with Gasteiger partial charge < -0.3 is 24.5 Å². The average molecular weight is 575 g/mol. The first-order chi connectivity index (χ1) is 19.1. The smallest absolute Gasteiger partial charge is 0.408 e. The van der Waals surface area contributed by atoms with Crippen LogP contribution in [0.2, 0.25) is 0 Å². The van der Waals surface area contributed by atoms with Crippen LogP contribution in [0.4, 0.5) is 19.3 Å². The molecule has 1 saturated heterocycles. The van der Waals surface area contributed by atoms with Crippen molar-refractivity contribution >= 4 is 43.2 Å². The minimum Gasteiger partial charge on any atom is -0.444 e. The summed E-state index contributed by atoms with van der Waals surface area (Å²) in [6.07, 6.45) is 7.45. The second kappa shape index (κ2) is 12.7. The Morgan fingerprint density at radius 3 is 2.30 bits per heavy atom. The number of nitrogens with one attached hydrogen (secondary N) is 2. The second-order valence-electron chi connectivity index (χ2n) is 10.7. The molecule has 0 bridgehead atoms. The fraction of sp³-hybridized carbons (Fsp3) is 0.538. The third kappa shape index (κ3) is 6.72. The van der Waals surface area contributed by atoms with E-state index in [0.717, 1.165) is 6.42 Å². The number of carbonyl (C=O) groups is 2. The molecule has 3 amide bonds. The summed E-state index contributed by atoms with van der Waals surface area (Å²) in [4.78, 5) is 44.7. The Balaban J connectivity index is 1.43. The summed E-state index contributed by atoms with van der Waals surface area (Å²) in [6, 6.07) is -0.956. The van der Waals surface area contributed by atoms with Crippen LogP contribution in [0.15, 0.2) is 24.0 Å². The van der Waals surface area contributed by atoms with E-state index in [-0.39, 0.29) is 42.6 Å². The predicted molar refractivity (Wildman–Crippen MR) is 150 cm³/mol. The van der Waals surface area contributed by atoms with Crippen molar-refractivity contribution in [3.05, 3.63) is 36.1 Å². The van der Waals surface area contributed by atoms with Gasteiger partial charge in [0.2, 0.25) is 0 Å². The molecular formula is C26H35FN8O4S. The largest absolute Gasteiger partial charge is 0.444 e. The van der Waals surface area contributed by atoms with Crippen LogP contribution in [-0.2, 0) is 4.74 Å². The predicted octanol–water partition coefficient (Wildman–Crippen LogP) is 5.40. The number of aromatic nitrogens is 4. The molecule has 2 N–H and O–H groups in total. The third-order valence-corrected chi connectivity index (χ3v) is 7.07. The lowest BCUT2D eigenvalue weighted by Crippen LogP contribution is -2.46. The van der Waals surface area contributed by atoms with Crippen LogP contribution in [0.1, 0.15) is 88.1 Å². The Kier molecular flexibility index (Phi) is 9.28. The van der Waals surface area contributed by atoms with E-state index in [2.05, 4.69) is 43.9 Å². The number of fused-ring (bicyclic) bond motifs is 1. The molecule has 40 heavy (non-hydrogen) atoms. The molecular weight excluding hydrogens is 539 g/mol. The molecule has 0 unspecified atom stereocenters. The van der Waals surface area contributed by atoms with Crippen molar-refractivity contribution in [3.8, 4) is 6.01 Å². The Morgan fingerprint density at radius 1 is 1.12 bits per heavy atom. The number of hydrogen-bond donors (Lipinski definition) is 2. The normalized spacial score (nSPS) is 19.6. The van der Waals surface area contributed by atoms with E-state index in [1.807, 2.05) is 0 Å². The van der Waals surface area contributed by atoms with Gasteiger partial charge in [-0.25, -0.2) is 14.6 Å². The van der Waals surface area contributed by atoms with Gasteiger partial charge in [0.05, 0.1) is 29.2 Å². The van der Waals surface area contributed by atoms with E-state index in [1.165, 1.54) is 0 Å². The minimum atomic E-state index is -0.624. The number of alkyl carbamates (subject to hydrolysis) is 1. The van der Waals surface area contributed by atoms with Gasteiger partial charge >= 0.3 is 18.1 Å². The van der Waals surface area contributed by atoms with Crippen molar-refractivity contribution in [2.24, 2.45) is 4.99 Å². The van der Waals surface area contributed by atoms with Gasteiger partial charge in [0.25, 0.3) is 12.4 Å². The monoisotopic (exact) mass is 574 g/mol. The highest BCUT2D eigenvalue weighted by atomic mass is 32.2. The van der Waals surface area contributed by atoms with Gasteiger partial charge in [-0.1, -0.05) is 6.58 Å². The highest BCUT2D eigenvalue weighted by Gasteiger charge is 2.33. The highest BCUT2D eigenvalue weighted by Crippen LogP contribution is 2.36. The summed E-state index contributed by atoms with van der Waals surface area (Å²) >= 11 is -0.293. The number of likely N-dealkylation sites (tertiary alicyclic amines) is 1. The van der Waals surface area contributed by atoms with Gasteiger partial charge in [0.15, 0.2) is 5.82 Å². The van der Waals surface area contributed by atoms with Gasteiger partial charge in [-0.3, -0.25) is 14.5 Å². The quantitative estimate of drug-likeness (QED) is 0.255. The maximum Gasteiger partial charge on any atom is 0.408 e. The van der Waals surface area contributed by atoms with Crippen LogP contribution < -0.4 is 14.8 Å². The number of halogens is 1. The van der Waals surface area contributed by atoms with Gasteiger partial charge in [0.1, 0.15) is 5.60 Å². The number of ether oxygens (including phenoxy) is 1. The number of carbonyl (C=O) groups excluding carboxylic acids is 2. The molecule has 4 rings (SSSR count).